The molecular weight excluding hydrogens is 487 g/mol. The zero-order valence-corrected chi connectivity index (χ0v) is 17.7. The lowest BCUT2D eigenvalue weighted by Gasteiger charge is -2.30. The number of aryl methyl sites for hydroxylation is 1. The number of nitrogens with zero attached hydrogens (tertiary/aromatic N) is 1. The highest BCUT2D eigenvalue weighted by atomic mass is 79.9. The Morgan fingerprint density at radius 3 is 2.42 bits per heavy atom. The second kappa shape index (κ2) is 8.37. The molecule has 0 radical (unpaired) electrons. The number of rotatable bonds is 5. The summed E-state index contributed by atoms with van der Waals surface area (Å²) in [6, 6.07) is 13.6. The van der Waals surface area contributed by atoms with Crippen molar-refractivity contribution in [2.24, 2.45) is 0 Å². The van der Waals surface area contributed by atoms with Crippen molar-refractivity contribution in [2.75, 3.05) is 5.01 Å². The molecule has 5 nitrogen and oxygen atoms in total. The third-order valence-corrected chi connectivity index (χ3v) is 7.12. The molecule has 3 rings (SSSR count). The van der Waals surface area contributed by atoms with E-state index in [1.165, 1.54) is 5.01 Å². The van der Waals surface area contributed by atoms with Gasteiger partial charge in [-0.25, -0.2) is 0 Å². The minimum atomic E-state index is -1.53. The Labute approximate surface area is 173 Å². The molecule has 0 aliphatic carbocycles. The van der Waals surface area contributed by atoms with Gasteiger partial charge in [0.2, 0.25) is 0 Å². The Morgan fingerprint density at radius 2 is 1.81 bits per heavy atom. The van der Waals surface area contributed by atoms with Crippen molar-refractivity contribution < 1.29 is 14.7 Å². The summed E-state index contributed by atoms with van der Waals surface area (Å²) in [6.45, 7) is 1.97. The van der Waals surface area contributed by atoms with Crippen LogP contribution in [-0.4, -0.2) is 22.9 Å². The van der Waals surface area contributed by atoms with Gasteiger partial charge in [-0.1, -0.05) is 73.3 Å². The highest BCUT2D eigenvalue weighted by Gasteiger charge is 2.40. The van der Waals surface area contributed by atoms with Gasteiger partial charge in [-0.2, -0.15) is 0 Å². The van der Waals surface area contributed by atoms with Crippen molar-refractivity contribution in [3.8, 4) is 0 Å². The molecule has 2 aromatic carbocycles. The Kier molecular flexibility index (Phi) is 6.37. The summed E-state index contributed by atoms with van der Waals surface area (Å²) in [7, 11) is 0. The molecule has 2 aromatic rings. The van der Waals surface area contributed by atoms with Crippen LogP contribution < -0.4 is 15.7 Å². The van der Waals surface area contributed by atoms with Gasteiger partial charge in [-0.3, -0.25) is 14.6 Å². The summed E-state index contributed by atoms with van der Waals surface area (Å²) in [4.78, 5) is 17.1. The predicted octanol–water partition coefficient (Wildman–Crippen LogP) is 3.43. The summed E-state index contributed by atoms with van der Waals surface area (Å²) >= 11 is 12.9. The molecule has 138 valence electrons. The van der Waals surface area contributed by atoms with Crippen LogP contribution in [0.4, 0.5) is 5.69 Å². The Hall–Kier alpha value is -0.960. The van der Waals surface area contributed by atoms with Gasteiger partial charge in [-0.05, 0) is 36.8 Å². The zero-order chi connectivity index (χ0) is 18.8. The van der Waals surface area contributed by atoms with Crippen LogP contribution in [0.5, 0.6) is 0 Å². The zero-order valence-electron chi connectivity index (χ0n) is 13.7. The Bertz CT molecular complexity index is 773. The minimum absolute atomic E-state index is 0.285. The van der Waals surface area contributed by atoms with Crippen molar-refractivity contribution in [1.82, 2.24) is 5.59 Å². The number of anilines is 1. The molecule has 0 saturated carbocycles. The van der Waals surface area contributed by atoms with E-state index in [2.05, 4.69) is 37.4 Å². The lowest BCUT2D eigenvalue weighted by molar-refractivity contribution is -0.488. The third-order valence-electron chi connectivity index (χ3n) is 4.12. The topological polar surface area (TPSA) is 64.6 Å². The molecule has 0 aromatic heterocycles. The van der Waals surface area contributed by atoms with Crippen LogP contribution in [0, 0.1) is 6.92 Å². The first-order valence-electron chi connectivity index (χ1n) is 7.89. The smallest absolute Gasteiger partial charge is 0.173 e. The van der Waals surface area contributed by atoms with Crippen LogP contribution in [0.1, 0.15) is 16.0 Å². The van der Waals surface area contributed by atoms with E-state index in [-0.39, 0.29) is 10.6 Å². The number of hydrogen-bond acceptors (Lipinski definition) is 5. The van der Waals surface area contributed by atoms with E-state index in [1.807, 2.05) is 43.3 Å². The van der Waals surface area contributed by atoms with Crippen molar-refractivity contribution in [1.29, 1.82) is 0 Å². The monoisotopic (exact) mass is 501 g/mol. The van der Waals surface area contributed by atoms with Crippen molar-refractivity contribution in [3.63, 3.8) is 0 Å². The van der Waals surface area contributed by atoms with E-state index in [9.17, 15) is 9.90 Å². The second-order valence-electron chi connectivity index (χ2n) is 5.99. The van der Waals surface area contributed by atoms with Crippen LogP contribution in [0.25, 0.3) is 0 Å². The first kappa shape index (κ1) is 19.8. The highest BCUT2D eigenvalue weighted by molar-refractivity contribution is 9.12. The Morgan fingerprint density at radius 1 is 1.19 bits per heavy atom. The summed E-state index contributed by atoms with van der Waals surface area (Å²) in [5, 5.41) is 14.3. The van der Waals surface area contributed by atoms with Gasteiger partial charge < -0.3 is 5.11 Å². The van der Waals surface area contributed by atoms with Gasteiger partial charge in [0.05, 0.1) is 15.3 Å². The van der Waals surface area contributed by atoms with E-state index >= 15 is 0 Å². The fraction of sp³-hybridized carbons (Fsp3) is 0.278. The fourth-order valence-corrected chi connectivity index (χ4v) is 3.92. The van der Waals surface area contributed by atoms with Gasteiger partial charge in [-0.15, -0.1) is 5.59 Å². The van der Waals surface area contributed by atoms with Crippen LogP contribution >= 0.6 is 43.5 Å². The van der Waals surface area contributed by atoms with Crippen molar-refractivity contribution in [2.45, 2.75) is 28.9 Å². The maximum Gasteiger partial charge on any atom is 0.173 e. The molecule has 1 heterocycles. The number of Topliss-reactive ketones (excluding diaryl/α,β-unsaturated/α-hetero) is 1. The standard InChI is InChI=1S/C18H16Br2ClN2O3/c1-10-2-8-13(9-3-10)23-16(18(25)26-22-23)17(24)15(20)14(19)11-4-6-12(21)7-5-11/h2-9,14-16,18,22H,1H3/q-1. The molecule has 26 heavy (non-hydrogen) atoms. The van der Waals surface area contributed by atoms with Crippen LogP contribution in [0.3, 0.4) is 0 Å². The average Bonchev–Trinajstić information content (AvgIpc) is 3.02. The number of nitrogens with one attached hydrogen (secondary N) is 1. The van der Waals surface area contributed by atoms with Crippen LogP contribution in [0.2, 0.25) is 5.02 Å². The second-order valence-corrected chi connectivity index (χ2v) is 8.39. The SMILES string of the molecule is Cc1ccc(N2NOC([O-])C2C(=O)C(Br)C(Br)c2ccc(Cl)cc2)cc1. The minimum Gasteiger partial charge on any atom is -0.828 e. The molecule has 0 bridgehead atoms. The van der Waals surface area contributed by atoms with Crippen molar-refractivity contribution >= 4 is 54.9 Å². The lowest BCUT2D eigenvalue weighted by Crippen LogP contribution is -2.51. The third kappa shape index (κ3) is 4.13. The largest absolute Gasteiger partial charge is 0.828 e. The quantitative estimate of drug-likeness (QED) is 0.634. The van der Waals surface area contributed by atoms with Gasteiger partial charge in [0.1, 0.15) is 6.04 Å². The molecule has 1 saturated heterocycles. The highest BCUT2D eigenvalue weighted by Crippen LogP contribution is 2.35. The number of hydrazine groups is 1. The predicted molar refractivity (Wildman–Crippen MR) is 106 cm³/mol. The van der Waals surface area contributed by atoms with Gasteiger partial charge in [0.15, 0.2) is 5.78 Å². The molecule has 8 heteroatoms. The lowest BCUT2D eigenvalue weighted by atomic mass is 10.0. The molecule has 1 aliphatic rings. The maximum absolute atomic E-state index is 13.0. The van der Waals surface area contributed by atoms with E-state index in [0.717, 1.165) is 11.1 Å². The van der Waals surface area contributed by atoms with Gasteiger partial charge in [0, 0.05) is 11.3 Å². The molecule has 1 aliphatic heterocycles. The molecule has 4 unspecified atom stereocenters. The summed E-state index contributed by atoms with van der Waals surface area (Å²) < 4.78 is 0. The number of ketones is 1. The number of carbonyl (C=O) groups excluding carboxylic acids is 1. The van der Waals surface area contributed by atoms with Crippen LogP contribution in [-0.2, 0) is 9.63 Å². The molecule has 0 amide bonds. The van der Waals surface area contributed by atoms with E-state index in [4.69, 9.17) is 16.4 Å². The molecular formula is C18H16Br2ClN2O3-. The number of alkyl halides is 2. The van der Waals surface area contributed by atoms with E-state index in [0.29, 0.717) is 10.7 Å². The summed E-state index contributed by atoms with van der Waals surface area (Å²) in [5.74, 6) is -0.285. The molecule has 0 spiro atoms. The molecule has 1 fully saturated rings. The first-order chi connectivity index (χ1) is 12.4. The normalized spacial score (nSPS) is 22.3. The number of hydrogen-bond donors (Lipinski definition) is 1. The number of carbonyl (C=O) groups is 1. The average molecular weight is 504 g/mol. The van der Waals surface area contributed by atoms with Gasteiger partial charge in [0.25, 0.3) is 0 Å². The van der Waals surface area contributed by atoms with Crippen molar-refractivity contribution in [3.05, 3.63) is 64.7 Å². The number of halogens is 3. The van der Waals surface area contributed by atoms with E-state index in [1.54, 1.807) is 12.1 Å². The summed E-state index contributed by atoms with van der Waals surface area (Å²) in [5.41, 5.74) is 5.20. The van der Waals surface area contributed by atoms with E-state index < -0.39 is 17.2 Å². The maximum atomic E-state index is 13.0. The fourth-order valence-electron chi connectivity index (χ4n) is 2.65. The Balaban J connectivity index is 1.81. The van der Waals surface area contributed by atoms with Crippen LogP contribution in [0.15, 0.2) is 48.5 Å². The summed E-state index contributed by atoms with van der Waals surface area (Å²) in [6.07, 6.45) is -1.53. The first-order valence-corrected chi connectivity index (χ1v) is 10.1. The number of benzene rings is 2. The molecule has 4 atom stereocenters. The van der Waals surface area contributed by atoms with Gasteiger partial charge >= 0.3 is 0 Å². The molecule has 1 N–H and O–H groups in total.